The Morgan fingerprint density at radius 3 is 3.10 bits per heavy atom. The standard InChI is InChI=1S/C13H14N4O3/c14-13(18)9-6-15-7-12(16-9)17-3-5-20-11(8-17)10-2-1-4-19-10/h1-2,4,6-7,11H,3,5,8H2,(H2,14,18). The number of anilines is 1. The van der Waals surface area contributed by atoms with E-state index in [0.29, 0.717) is 25.5 Å². The zero-order chi connectivity index (χ0) is 13.9. The van der Waals surface area contributed by atoms with Gasteiger partial charge in [0.1, 0.15) is 23.4 Å². The zero-order valence-corrected chi connectivity index (χ0v) is 10.7. The van der Waals surface area contributed by atoms with Crippen molar-refractivity contribution in [3.63, 3.8) is 0 Å². The molecular formula is C13H14N4O3. The van der Waals surface area contributed by atoms with Crippen molar-refractivity contribution in [1.29, 1.82) is 0 Å². The number of amides is 1. The summed E-state index contributed by atoms with van der Waals surface area (Å²) >= 11 is 0. The molecule has 3 heterocycles. The number of furan rings is 1. The Bertz CT molecular complexity index is 599. The van der Waals surface area contributed by atoms with E-state index in [4.69, 9.17) is 14.9 Å². The van der Waals surface area contributed by atoms with Crippen molar-refractivity contribution in [2.75, 3.05) is 24.6 Å². The number of carbonyl (C=O) groups excluding carboxylic acids is 1. The lowest BCUT2D eigenvalue weighted by atomic mass is 10.2. The van der Waals surface area contributed by atoms with E-state index in [-0.39, 0.29) is 11.8 Å². The minimum absolute atomic E-state index is 0.155. The predicted molar refractivity (Wildman–Crippen MR) is 70.2 cm³/mol. The van der Waals surface area contributed by atoms with E-state index in [1.807, 2.05) is 17.0 Å². The minimum Gasteiger partial charge on any atom is -0.467 e. The second-order valence-electron chi connectivity index (χ2n) is 4.45. The van der Waals surface area contributed by atoms with Crippen LogP contribution in [-0.2, 0) is 4.74 Å². The van der Waals surface area contributed by atoms with Crippen LogP contribution >= 0.6 is 0 Å². The summed E-state index contributed by atoms with van der Waals surface area (Å²) in [5.41, 5.74) is 5.37. The molecule has 104 valence electrons. The summed E-state index contributed by atoms with van der Waals surface area (Å²) in [4.78, 5) is 21.4. The first kappa shape index (κ1) is 12.6. The number of rotatable bonds is 3. The highest BCUT2D eigenvalue weighted by molar-refractivity contribution is 5.90. The third-order valence-corrected chi connectivity index (χ3v) is 3.13. The average Bonchev–Trinajstić information content (AvgIpc) is 3.02. The van der Waals surface area contributed by atoms with Gasteiger partial charge >= 0.3 is 0 Å². The summed E-state index contributed by atoms with van der Waals surface area (Å²) in [7, 11) is 0. The number of hydrogen-bond donors (Lipinski definition) is 1. The van der Waals surface area contributed by atoms with Crippen molar-refractivity contribution in [2.45, 2.75) is 6.10 Å². The van der Waals surface area contributed by atoms with E-state index >= 15 is 0 Å². The van der Waals surface area contributed by atoms with Crippen molar-refractivity contribution in [2.24, 2.45) is 5.73 Å². The largest absolute Gasteiger partial charge is 0.467 e. The molecule has 1 unspecified atom stereocenters. The number of nitrogens with two attached hydrogens (primary N) is 1. The molecule has 0 radical (unpaired) electrons. The van der Waals surface area contributed by atoms with Crippen molar-refractivity contribution in [1.82, 2.24) is 9.97 Å². The SMILES string of the molecule is NC(=O)c1cncc(N2CCOC(c3ccco3)C2)n1. The number of hydrogen-bond acceptors (Lipinski definition) is 6. The van der Waals surface area contributed by atoms with Gasteiger partial charge in [0.05, 0.1) is 31.8 Å². The van der Waals surface area contributed by atoms with Crippen molar-refractivity contribution in [3.05, 3.63) is 42.2 Å². The van der Waals surface area contributed by atoms with Crippen LogP contribution in [0.4, 0.5) is 5.82 Å². The maximum atomic E-state index is 11.1. The van der Waals surface area contributed by atoms with E-state index in [2.05, 4.69) is 9.97 Å². The first-order valence-electron chi connectivity index (χ1n) is 6.26. The Morgan fingerprint density at radius 1 is 1.45 bits per heavy atom. The monoisotopic (exact) mass is 274 g/mol. The van der Waals surface area contributed by atoms with Gasteiger partial charge in [-0.2, -0.15) is 0 Å². The quantitative estimate of drug-likeness (QED) is 0.887. The molecule has 0 spiro atoms. The minimum atomic E-state index is -0.588. The van der Waals surface area contributed by atoms with Crippen molar-refractivity contribution >= 4 is 11.7 Å². The molecule has 7 heteroatoms. The molecule has 1 atom stereocenters. The van der Waals surface area contributed by atoms with E-state index in [0.717, 1.165) is 5.76 Å². The average molecular weight is 274 g/mol. The van der Waals surface area contributed by atoms with Gasteiger partial charge in [-0.3, -0.25) is 9.78 Å². The van der Waals surface area contributed by atoms with Crippen LogP contribution in [0.5, 0.6) is 0 Å². The lowest BCUT2D eigenvalue weighted by Gasteiger charge is -2.32. The fourth-order valence-corrected chi connectivity index (χ4v) is 2.13. The Morgan fingerprint density at radius 2 is 2.35 bits per heavy atom. The molecule has 1 aliphatic rings. The third kappa shape index (κ3) is 2.48. The molecule has 2 aromatic rings. The lowest BCUT2D eigenvalue weighted by Crippen LogP contribution is -2.39. The third-order valence-electron chi connectivity index (χ3n) is 3.13. The van der Waals surface area contributed by atoms with Gasteiger partial charge < -0.3 is 19.8 Å². The molecule has 20 heavy (non-hydrogen) atoms. The van der Waals surface area contributed by atoms with Gasteiger partial charge in [-0.05, 0) is 12.1 Å². The Kier molecular flexibility index (Phi) is 3.34. The normalized spacial score (nSPS) is 19.0. The van der Waals surface area contributed by atoms with E-state index in [9.17, 15) is 4.79 Å². The van der Waals surface area contributed by atoms with Gasteiger partial charge in [-0.15, -0.1) is 0 Å². The van der Waals surface area contributed by atoms with E-state index in [1.54, 1.807) is 12.5 Å². The topological polar surface area (TPSA) is 94.5 Å². The highest BCUT2D eigenvalue weighted by atomic mass is 16.5. The maximum Gasteiger partial charge on any atom is 0.268 e. The number of morpholine rings is 1. The van der Waals surface area contributed by atoms with Crippen LogP contribution in [0.1, 0.15) is 22.4 Å². The number of nitrogens with zero attached hydrogens (tertiary/aromatic N) is 3. The molecule has 2 N–H and O–H groups in total. The Labute approximate surface area is 115 Å². The van der Waals surface area contributed by atoms with Crippen molar-refractivity contribution in [3.8, 4) is 0 Å². The molecule has 1 aliphatic heterocycles. The molecule has 0 bridgehead atoms. The smallest absolute Gasteiger partial charge is 0.268 e. The fourth-order valence-electron chi connectivity index (χ4n) is 2.13. The molecule has 7 nitrogen and oxygen atoms in total. The fraction of sp³-hybridized carbons (Fsp3) is 0.308. The summed E-state index contributed by atoms with van der Waals surface area (Å²) in [6.07, 6.45) is 4.43. The van der Waals surface area contributed by atoms with Crippen molar-refractivity contribution < 1.29 is 13.9 Å². The van der Waals surface area contributed by atoms with Gasteiger partial charge in [0.2, 0.25) is 0 Å². The highest BCUT2D eigenvalue weighted by Crippen LogP contribution is 2.25. The lowest BCUT2D eigenvalue weighted by molar-refractivity contribution is 0.0255. The molecule has 1 amide bonds. The summed E-state index contributed by atoms with van der Waals surface area (Å²) in [6.45, 7) is 1.81. The molecule has 0 aliphatic carbocycles. The molecule has 3 rings (SSSR count). The first-order valence-corrected chi connectivity index (χ1v) is 6.26. The molecular weight excluding hydrogens is 260 g/mol. The summed E-state index contributed by atoms with van der Waals surface area (Å²) < 4.78 is 11.0. The van der Waals surface area contributed by atoms with Gasteiger partial charge in [-0.1, -0.05) is 0 Å². The first-order chi connectivity index (χ1) is 9.74. The number of primary amides is 1. The second-order valence-corrected chi connectivity index (χ2v) is 4.45. The molecule has 0 aromatic carbocycles. The molecule has 1 saturated heterocycles. The summed E-state index contributed by atoms with van der Waals surface area (Å²) in [5, 5.41) is 0. The van der Waals surface area contributed by atoms with Gasteiger partial charge in [-0.25, -0.2) is 4.98 Å². The van der Waals surface area contributed by atoms with Gasteiger partial charge in [0, 0.05) is 6.54 Å². The predicted octanol–water partition coefficient (Wildman–Crippen LogP) is 0.746. The molecule has 0 saturated carbocycles. The second kappa shape index (κ2) is 5.30. The highest BCUT2D eigenvalue weighted by Gasteiger charge is 2.25. The maximum absolute atomic E-state index is 11.1. The van der Waals surface area contributed by atoms with Crippen LogP contribution in [0.2, 0.25) is 0 Å². The van der Waals surface area contributed by atoms with Crippen LogP contribution in [0.25, 0.3) is 0 Å². The summed E-state index contributed by atoms with van der Waals surface area (Å²) in [6, 6.07) is 3.70. The summed E-state index contributed by atoms with van der Waals surface area (Å²) in [5.74, 6) is 0.796. The number of aromatic nitrogens is 2. The number of carbonyl (C=O) groups is 1. The van der Waals surface area contributed by atoms with Crippen LogP contribution in [0, 0.1) is 0 Å². The Hall–Kier alpha value is -2.41. The molecule has 1 fully saturated rings. The number of ether oxygens (including phenoxy) is 1. The Balaban J connectivity index is 1.80. The van der Waals surface area contributed by atoms with E-state index in [1.165, 1.54) is 6.20 Å². The zero-order valence-electron chi connectivity index (χ0n) is 10.7. The molecule has 2 aromatic heterocycles. The van der Waals surface area contributed by atoms with Gasteiger partial charge in [0.15, 0.2) is 0 Å². The van der Waals surface area contributed by atoms with Gasteiger partial charge in [0.25, 0.3) is 5.91 Å². The van der Waals surface area contributed by atoms with Crippen LogP contribution < -0.4 is 10.6 Å². The van der Waals surface area contributed by atoms with Crippen LogP contribution in [-0.4, -0.2) is 35.6 Å². The van der Waals surface area contributed by atoms with Crippen LogP contribution in [0.15, 0.2) is 35.2 Å². The van der Waals surface area contributed by atoms with Crippen LogP contribution in [0.3, 0.4) is 0 Å². The van der Waals surface area contributed by atoms with E-state index < -0.39 is 5.91 Å².